The van der Waals surface area contributed by atoms with Gasteiger partial charge in [0, 0.05) is 16.4 Å². The van der Waals surface area contributed by atoms with Crippen LogP contribution in [0.4, 0.5) is 0 Å². The monoisotopic (exact) mass is 333 g/mol. The zero-order chi connectivity index (χ0) is 16.4. The van der Waals surface area contributed by atoms with Crippen LogP contribution in [0.25, 0.3) is 11.8 Å². The number of benzene rings is 1. The first-order valence-electron chi connectivity index (χ1n) is 6.32. The molecule has 2 aromatic rings. The van der Waals surface area contributed by atoms with Gasteiger partial charge in [-0.15, -0.1) is 0 Å². The molecule has 0 saturated heterocycles. The summed E-state index contributed by atoms with van der Waals surface area (Å²) in [5, 5.41) is 20.8. The van der Waals surface area contributed by atoms with E-state index in [0.29, 0.717) is 21.3 Å². The van der Waals surface area contributed by atoms with E-state index in [-0.39, 0.29) is 0 Å². The van der Waals surface area contributed by atoms with E-state index in [2.05, 4.69) is 0 Å². The van der Waals surface area contributed by atoms with Gasteiger partial charge in [-0.25, -0.2) is 0 Å². The number of carboxylic acids is 1. The van der Waals surface area contributed by atoms with Gasteiger partial charge < -0.3 is 14.5 Å². The van der Waals surface area contributed by atoms with Gasteiger partial charge in [0.1, 0.15) is 6.07 Å². The molecule has 0 aliphatic rings. The highest BCUT2D eigenvalue weighted by Gasteiger charge is 2.13. The van der Waals surface area contributed by atoms with Crippen molar-refractivity contribution in [3.05, 3.63) is 56.8 Å². The average molecular weight is 334 g/mol. The van der Waals surface area contributed by atoms with Crippen LogP contribution in [0, 0.1) is 25.2 Å². The number of carbonyl (C=O) groups is 1. The third-order valence-electron chi connectivity index (χ3n) is 3.26. The highest BCUT2D eigenvalue weighted by molar-refractivity contribution is 6.34. The SMILES string of the molecule is Cc1cc(/C=C(\C#N)C(=O)[O-])c(C)n1-c1cc(Cl)ccc1Cl. The lowest BCUT2D eigenvalue weighted by Gasteiger charge is -2.12. The lowest BCUT2D eigenvalue weighted by Crippen LogP contribution is -2.23. The van der Waals surface area contributed by atoms with E-state index in [1.54, 1.807) is 37.3 Å². The molecule has 0 N–H and O–H groups in total. The molecule has 22 heavy (non-hydrogen) atoms. The summed E-state index contributed by atoms with van der Waals surface area (Å²) in [7, 11) is 0. The van der Waals surface area contributed by atoms with Crippen LogP contribution in [-0.4, -0.2) is 10.5 Å². The van der Waals surface area contributed by atoms with Gasteiger partial charge >= 0.3 is 0 Å². The minimum Gasteiger partial charge on any atom is -0.544 e. The van der Waals surface area contributed by atoms with E-state index >= 15 is 0 Å². The van der Waals surface area contributed by atoms with Crippen molar-refractivity contribution in [1.29, 1.82) is 5.26 Å². The molecule has 0 fully saturated rings. The van der Waals surface area contributed by atoms with E-state index in [4.69, 9.17) is 28.5 Å². The number of carbonyl (C=O) groups excluding carboxylic acids is 1. The summed E-state index contributed by atoms with van der Waals surface area (Å²) in [6.07, 6.45) is 1.28. The van der Waals surface area contributed by atoms with Crippen LogP contribution < -0.4 is 5.11 Å². The van der Waals surface area contributed by atoms with Crippen LogP contribution >= 0.6 is 23.2 Å². The summed E-state index contributed by atoms with van der Waals surface area (Å²) in [6.45, 7) is 3.66. The van der Waals surface area contributed by atoms with E-state index in [9.17, 15) is 9.90 Å². The summed E-state index contributed by atoms with van der Waals surface area (Å²) in [5.41, 5.74) is 2.45. The van der Waals surface area contributed by atoms with E-state index < -0.39 is 11.5 Å². The maximum Gasteiger partial charge on any atom is 0.101 e. The predicted octanol–water partition coefficient (Wildman–Crippen LogP) is 3.06. The topological polar surface area (TPSA) is 68.8 Å². The van der Waals surface area contributed by atoms with Gasteiger partial charge in [0.2, 0.25) is 0 Å². The van der Waals surface area contributed by atoms with Crippen molar-refractivity contribution in [3.8, 4) is 11.8 Å². The molecule has 1 heterocycles. The molecule has 1 aromatic heterocycles. The Morgan fingerprint density at radius 1 is 1.32 bits per heavy atom. The highest BCUT2D eigenvalue weighted by atomic mass is 35.5. The predicted molar refractivity (Wildman–Crippen MR) is 83.9 cm³/mol. The molecule has 0 bridgehead atoms. The number of hydrogen-bond donors (Lipinski definition) is 0. The lowest BCUT2D eigenvalue weighted by molar-refractivity contribution is -0.298. The van der Waals surface area contributed by atoms with Crippen LogP contribution in [0.15, 0.2) is 29.8 Å². The molecule has 0 amide bonds. The molecule has 0 aliphatic heterocycles. The van der Waals surface area contributed by atoms with Gasteiger partial charge in [-0.05, 0) is 49.8 Å². The van der Waals surface area contributed by atoms with Gasteiger partial charge in [0.25, 0.3) is 0 Å². The number of aryl methyl sites for hydroxylation is 1. The minimum absolute atomic E-state index is 0.433. The number of aromatic nitrogens is 1. The number of rotatable bonds is 3. The number of carboxylic acid groups (broad SMARTS) is 1. The van der Waals surface area contributed by atoms with Crippen molar-refractivity contribution in [2.45, 2.75) is 13.8 Å². The van der Waals surface area contributed by atoms with Crippen molar-refractivity contribution >= 4 is 35.2 Å². The molecule has 0 atom stereocenters. The van der Waals surface area contributed by atoms with E-state index in [1.165, 1.54) is 6.08 Å². The zero-order valence-corrected chi connectivity index (χ0v) is 13.4. The Hall–Kier alpha value is -2.22. The highest BCUT2D eigenvalue weighted by Crippen LogP contribution is 2.29. The molecular formula is C16H11Cl2N2O2-. The van der Waals surface area contributed by atoms with Crippen molar-refractivity contribution < 1.29 is 9.90 Å². The second-order valence-electron chi connectivity index (χ2n) is 4.71. The Morgan fingerprint density at radius 3 is 2.59 bits per heavy atom. The summed E-state index contributed by atoms with van der Waals surface area (Å²) >= 11 is 12.2. The van der Waals surface area contributed by atoms with Gasteiger partial charge in [0.05, 0.1) is 22.3 Å². The van der Waals surface area contributed by atoms with Gasteiger partial charge in [-0.3, -0.25) is 0 Å². The Bertz CT molecular complexity index is 829. The smallest absolute Gasteiger partial charge is 0.101 e. The first-order valence-corrected chi connectivity index (χ1v) is 7.08. The van der Waals surface area contributed by atoms with Gasteiger partial charge in [0.15, 0.2) is 0 Å². The Morgan fingerprint density at radius 2 is 2.00 bits per heavy atom. The molecule has 0 unspecified atom stereocenters. The minimum atomic E-state index is -1.51. The number of nitrogens with zero attached hydrogens (tertiary/aromatic N) is 2. The maximum absolute atomic E-state index is 10.9. The second kappa shape index (κ2) is 6.27. The summed E-state index contributed by atoms with van der Waals surface area (Å²) < 4.78 is 1.85. The first kappa shape index (κ1) is 16.2. The fourth-order valence-corrected chi connectivity index (χ4v) is 2.62. The third-order valence-corrected chi connectivity index (χ3v) is 3.81. The largest absolute Gasteiger partial charge is 0.544 e. The van der Waals surface area contributed by atoms with Crippen LogP contribution in [-0.2, 0) is 4.79 Å². The number of hydrogen-bond acceptors (Lipinski definition) is 3. The van der Waals surface area contributed by atoms with Crippen LogP contribution in [0.3, 0.4) is 0 Å². The molecule has 0 saturated carbocycles. The molecular weight excluding hydrogens is 323 g/mol. The average Bonchev–Trinajstić information content (AvgIpc) is 2.73. The number of aliphatic carboxylic acids is 1. The Balaban J connectivity index is 2.65. The Kier molecular flexibility index (Phi) is 4.60. The fourth-order valence-electron chi connectivity index (χ4n) is 2.25. The van der Waals surface area contributed by atoms with Crippen LogP contribution in [0.1, 0.15) is 17.0 Å². The normalized spacial score (nSPS) is 11.3. The summed E-state index contributed by atoms with van der Waals surface area (Å²) in [4.78, 5) is 10.9. The lowest BCUT2D eigenvalue weighted by atomic mass is 10.1. The molecule has 2 rings (SSSR count). The Labute approximate surface area is 137 Å². The van der Waals surface area contributed by atoms with E-state index in [1.807, 2.05) is 11.5 Å². The molecule has 112 valence electrons. The standard InChI is InChI=1S/C16H12Cl2N2O2/c1-9-5-11(6-12(8-19)16(21)22)10(2)20(9)15-7-13(17)3-4-14(15)18/h3-7H,1-2H3,(H,21,22)/p-1/b12-6+. The molecule has 6 heteroatoms. The van der Waals surface area contributed by atoms with Crippen molar-refractivity contribution in [2.75, 3.05) is 0 Å². The van der Waals surface area contributed by atoms with E-state index in [0.717, 1.165) is 11.4 Å². The number of halogens is 2. The third kappa shape index (κ3) is 3.01. The van der Waals surface area contributed by atoms with Crippen LogP contribution in [0.2, 0.25) is 10.0 Å². The summed E-state index contributed by atoms with van der Waals surface area (Å²) in [6, 6.07) is 8.48. The summed E-state index contributed by atoms with van der Waals surface area (Å²) in [5.74, 6) is -1.51. The van der Waals surface area contributed by atoms with Crippen molar-refractivity contribution in [2.24, 2.45) is 0 Å². The first-order chi connectivity index (χ1) is 10.3. The quantitative estimate of drug-likeness (QED) is 0.640. The van der Waals surface area contributed by atoms with Crippen LogP contribution in [0.5, 0.6) is 0 Å². The molecule has 0 spiro atoms. The molecule has 1 aromatic carbocycles. The maximum atomic E-state index is 10.9. The van der Waals surface area contributed by atoms with Gasteiger partial charge in [-0.1, -0.05) is 23.2 Å². The molecule has 0 aliphatic carbocycles. The van der Waals surface area contributed by atoms with Crippen molar-refractivity contribution in [3.63, 3.8) is 0 Å². The second-order valence-corrected chi connectivity index (χ2v) is 5.56. The number of nitriles is 1. The van der Waals surface area contributed by atoms with Gasteiger partial charge in [-0.2, -0.15) is 5.26 Å². The van der Waals surface area contributed by atoms with Crippen molar-refractivity contribution in [1.82, 2.24) is 4.57 Å². The molecule has 0 radical (unpaired) electrons. The fraction of sp³-hybridized carbons (Fsp3) is 0.125. The molecule has 4 nitrogen and oxygen atoms in total. The zero-order valence-electron chi connectivity index (χ0n) is 11.9.